The molecular formula is C12H8F4S2. The maximum absolute atomic E-state index is 12.1. The Kier molecular flexibility index (Phi) is 5.55. The number of hydrogen-bond donors (Lipinski definition) is 2. The van der Waals surface area contributed by atoms with Crippen LogP contribution in [-0.4, -0.2) is 0 Å². The third kappa shape index (κ3) is 5.46. The lowest BCUT2D eigenvalue weighted by molar-refractivity contribution is 0.577. The maximum Gasteiger partial charge on any atom is 0.127 e. The molecular weight excluding hydrogens is 284 g/mol. The van der Waals surface area contributed by atoms with Gasteiger partial charge in [0.25, 0.3) is 0 Å². The molecule has 0 bridgehead atoms. The van der Waals surface area contributed by atoms with Crippen molar-refractivity contribution in [1.82, 2.24) is 0 Å². The van der Waals surface area contributed by atoms with Crippen molar-refractivity contribution in [1.29, 1.82) is 0 Å². The number of hydrogen-bond acceptors (Lipinski definition) is 2. The predicted molar refractivity (Wildman–Crippen MR) is 67.2 cm³/mol. The average Bonchev–Trinajstić information content (AvgIpc) is 2.12. The van der Waals surface area contributed by atoms with E-state index in [-0.39, 0.29) is 0 Å². The zero-order valence-electron chi connectivity index (χ0n) is 8.87. The predicted octanol–water partition coefficient (Wildman–Crippen LogP) is 4.51. The lowest BCUT2D eigenvalue weighted by Crippen LogP contribution is -1.77. The zero-order chi connectivity index (χ0) is 13.7. The van der Waals surface area contributed by atoms with Gasteiger partial charge in [0.15, 0.2) is 0 Å². The first kappa shape index (κ1) is 14.9. The lowest BCUT2D eigenvalue weighted by atomic mass is 10.3. The summed E-state index contributed by atoms with van der Waals surface area (Å²) in [7, 11) is 0. The number of thiol groups is 2. The molecule has 18 heavy (non-hydrogen) atoms. The standard InChI is InChI=1S/2C6H4F2S/c2*7-4-1-5(8)3-6(9)2-4/h2*1-3,9H. The van der Waals surface area contributed by atoms with Crippen LogP contribution in [-0.2, 0) is 0 Å². The largest absolute Gasteiger partial charge is 0.207 e. The van der Waals surface area contributed by atoms with E-state index >= 15 is 0 Å². The highest BCUT2D eigenvalue weighted by Crippen LogP contribution is 2.11. The molecule has 96 valence electrons. The molecule has 2 rings (SSSR count). The minimum absolute atomic E-state index is 0.299. The molecule has 0 atom stereocenters. The molecule has 0 unspecified atom stereocenters. The first-order valence-electron chi connectivity index (χ1n) is 4.67. The minimum atomic E-state index is -0.597. The van der Waals surface area contributed by atoms with E-state index in [0.717, 1.165) is 36.4 Å². The van der Waals surface area contributed by atoms with E-state index in [0.29, 0.717) is 9.79 Å². The smallest absolute Gasteiger partial charge is 0.127 e. The Hall–Kier alpha value is -1.14. The molecule has 0 saturated heterocycles. The Morgan fingerprint density at radius 3 is 0.889 bits per heavy atom. The van der Waals surface area contributed by atoms with Crippen LogP contribution in [0.15, 0.2) is 46.2 Å². The normalized spacial score (nSPS) is 9.67. The van der Waals surface area contributed by atoms with Crippen molar-refractivity contribution < 1.29 is 17.6 Å². The van der Waals surface area contributed by atoms with Crippen LogP contribution < -0.4 is 0 Å². The lowest BCUT2D eigenvalue weighted by Gasteiger charge is -1.90. The molecule has 0 aromatic heterocycles. The van der Waals surface area contributed by atoms with Gasteiger partial charge in [-0.3, -0.25) is 0 Å². The molecule has 2 aromatic carbocycles. The summed E-state index contributed by atoms with van der Waals surface area (Å²) in [6, 6.07) is 6.19. The van der Waals surface area contributed by atoms with Gasteiger partial charge in [-0.2, -0.15) is 0 Å². The highest BCUT2D eigenvalue weighted by molar-refractivity contribution is 7.80. The monoisotopic (exact) mass is 292 g/mol. The van der Waals surface area contributed by atoms with E-state index in [1.807, 2.05) is 0 Å². The third-order valence-electron chi connectivity index (χ3n) is 1.69. The topological polar surface area (TPSA) is 0 Å². The second-order valence-electron chi connectivity index (χ2n) is 3.26. The van der Waals surface area contributed by atoms with Crippen molar-refractivity contribution in [2.75, 3.05) is 0 Å². The molecule has 0 aliphatic rings. The molecule has 0 aliphatic heterocycles. The Balaban J connectivity index is 0.000000180. The molecule has 0 nitrogen and oxygen atoms in total. The van der Waals surface area contributed by atoms with Crippen LogP contribution >= 0.6 is 25.3 Å². The molecule has 6 heteroatoms. The SMILES string of the molecule is Fc1cc(F)cc(S)c1.Fc1cc(F)cc(S)c1. The average molecular weight is 292 g/mol. The van der Waals surface area contributed by atoms with Crippen LogP contribution in [0.25, 0.3) is 0 Å². The van der Waals surface area contributed by atoms with Gasteiger partial charge in [0.2, 0.25) is 0 Å². The van der Waals surface area contributed by atoms with Crippen LogP contribution in [0.2, 0.25) is 0 Å². The molecule has 0 amide bonds. The molecule has 0 heterocycles. The summed E-state index contributed by atoms with van der Waals surface area (Å²) >= 11 is 7.49. The second kappa shape index (κ2) is 6.70. The fraction of sp³-hybridized carbons (Fsp3) is 0. The van der Waals surface area contributed by atoms with E-state index in [9.17, 15) is 17.6 Å². The van der Waals surface area contributed by atoms with Crippen LogP contribution in [0.3, 0.4) is 0 Å². The molecule has 2 aromatic rings. The summed E-state index contributed by atoms with van der Waals surface area (Å²) < 4.78 is 48.6. The molecule has 0 N–H and O–H groups in total. The van der Waals surface area contributed by atoms with E-state index in [4.69, 9.17) is 0 Å². The van der Waals surface area contributed by atoms with Crippen molar-refractivity contribution in [3.63, 3.8) is 0 Å². The van der Waals surface area contributed by atoms with E-state index in [1.165, 1.54) is 0 Å². The van der Waals surface area contributed by atoms with Gasteiger partial charge in [-0.1, -0.05) is 0 Å². The number of benzene rings is 2. The Bertz CT molecular complexity index is 393. The quantitative estimate of drug-likeness (QED) is 0.518. The highest BCUT2D eigenvalue weighted by Gasteiger charge is 1.95. The first-order chi connectivity index (χ1) is 8.36. The summed E-state index contributed by atoms with van der Waals surface area (Å²) in [5, 5.41) is 0. The summed E-state index contributed by atoms with van der Waals surface area (Å²) in [5.74, 6) is -2.39. The van der Waals surface area contributed by atoms with Crippen molar-refractivity contribution in [3.8, 4) is 0 Å². The van der Waals surface area contributed by atoms with Crippen LogP contribution in [0.1, 0.15) is 0 Å². The summed E-state index contributed by atoms with van der Waals surface area (Å²) in [4.78, 5) is 0.597. The fourth-order valence-electron chi connectivity index (χ4n) is 1.08. The van der Waals surface area contributed by atoms with Gasteiger partial charge in [-0.15, -0.1) is 25.3 Å². The number of halogens is 4. The number of rotatable bonds is 0. The van der Waals surface area contributed by atoms with Gasteiger partial charge in [0, 0.05) is 21.9 Å². The first-order valence-corrected chi connectivity index (χ1v) is 5.56. The van der Waals surface area contributed by atoms with Crippen molar-refractivity contribution in [2.45, 2.75) is 9.79 Å². The summed E-state index contributed by atoms with van der Waals surface area (Å²) in [6.07, 6.45) is 0. The summed E-state index contributed by atoms with van der Waals surface area (Å²) in [6.45, 7) is 0. The second-order valence-corrected chi connectivity index (χ2v) is 4.29. The molecule has 0 fully saturated rings. The molecule has 0 spiro atoms. The van der Waals surface area contributed by atoms with Gasteiger partial charge in [-0.25, -0.2) is 17.6 Å². The van der Waals surface area contributed by atoms with Crippen LogP contribution in [0.5, 0.6) is 0 Å². The van der Waals surface area contributed by atoms with Crippen molar-refractivity contribution >= 4 is 25.3 Å². The Morgan fingerprint density at radius 1 is 0.500 bits per heavy atom. The van der Waals surface area contributed by atoms with Gasteiger partial charge in [0.1, 0.15) is 23.3 Å². The zero-order valence-corrected chi connectivity index (χ0v) is 10.7. The highest BCUT2D eigenvalue weighted by atomic mass is 32.1. The molecule has 0 radical (unpaired) electrons. The van der Waals surface area contributed by atoms with Gasteiger partial charge >= 0.3 is 0 Å². The van der Waals surface area contributed by atoms with Crippen molar-refractivity contribution in [2.24, 2.45) is 0 Å². The Morgan fingerprint density at radius 2 is 0.722 bits per heavy atom. The molecule has 0 aliphatic carbocycles. The summed E-state index contributed by atoms with van der Waals surface area (Å²) in [5.41, 5.74) is 0. The van der Waals surface area contributed by atoms with Gasteiger partial charge in [0.05, 0.1) is 0 Å². The van der Waals surface area contributed by atoms with E-state index in [1.54, 1.807) is 0 Å². The molecule has 0 saturated carbocycles. The van der Waals surface area contributed by atoms with E-state index in [2.05, 4.69) is 25.3 Å². The van der Waals surface area contributed by atoms with Crippen LogP contribution in [0, 0.1) is 23.3 Å². The Labute approximate surface area is 112 Å². The van der Waals surface area contributed by atoms with E-state index < -0.39 is 23.3 Å². The van der Waals surface area contributed by atoms with Crippen LogP contribution in [0.4, 0.5) is 17.6 Å². The van der Waals surface area contributed by atoms with Gasteiger partial charge in [-0.05, 0) is 24.3 Å². The third-order valence-corrected chi connectivity index (χ3v) is 2.21. The van der Waals surface area contributed by atoms with Gasteiger partial charge < -0.3 is 0 Å². The fourth-order valence-corrected chi connectivity index (χ4v) is 1.57. The minimum Gasteiger partial charge on any atom is -0.207 e. The van der Waals surface area contributed by atoms with Crippen molar-refractivity contribution in [3.05, 3.63) is 59.7 Å². The maximum atomic E-state index is 12.1.